The highest BCUT2D eigenvalue weighted by Gasteiger charge is 2.16. The Bertz CT molecular complexity index is 1030. The molecule has 0 fully saturated rings. The van der Waals surface area contributed by atoms with Gasteiger partial charge < -0.3 is 5.32 Å². The first kappa shape index (κ1) is 20.6. The van der Waals surface area contributed by atoms with Crippen molar-refractivity contribution in [1.29, 1.82) is 0 Å². The molecule has 0 spiro atoms. The van der Waals surface area contributed by atoms with Crippen molar-refractivity contribution < 1.29 is 9.59 Å². The number of rotatable bonds is 6. The third-order valence-electron chi connectivity index (χ3n) is 4.26. The van der Waals surface area contributed by atoms with Gasteiger partial charge in [-0.05, 0) is 44.2 Å². The molecule has 9 heteroatoms. The summed E-state index contributed by atoms with van der Waals surface area (Å²) >= 11 is 0. The number of dihydropyridines is 1. The van der Waals surface area contributed by atoms with E-state index in [0.29, 0.717) is 22.6 Å². The predicted octanol–water partition coefficient (Wildman–Crippen LogP) is 1.80. The number of aromatic nitrogens is 2. The molecule has 1 aliphatic rings. The zero-order valence-corrected chi connectivity index (χ0v) is 16.5. The van der Waals surface area contributed by atoms with E-state index in [1.807, 2.05) is 18.2 Å². The van der Waals surface area contributed by atoms with Gasteiger partial charge in [-0.2, -0.15) is 10.2 Å². The first-order chi connectivity index (χ1) is 14.5. The Morgan fingerprint density at radius 2 is 1.43 bits per heavy atom. The summed E-state index contributed by atoms with van der Waals surface area (Å²) in [5.41, 5.74) is 7.99. The first-order valence-corrected chi connectivity index (χ1v) is 9.19. The lowest BCUT2D eigenvalue weighted by atomic mass is 10.1. The Balaban J connectivity index is 1.59. The average molecular weight is 403 g/mol. The smallest absolute Gasteiger partial charge is 0.271 e. The molecule has 0 radical (unpaired) electrons. The van der Waals surface area contributed by atoms with E-state index in [0.717, 1.165) is 5.70 Å². The molecule has 2 aromatic rings. The molecule has 0 aromatic carbocycles. The molecule has 2 aromatic heterocycles. The van der Waals surface area contributed by atoms with Crippen LogP contribution in [-0.2, 0) is 0 Å². The van der Waals surface area contributed by atoms with E-state index in [9.17, 15) is 9.59 Å². The zero-order chi connectivity index (χ0) is 21.3. The van der Waals surface area contributed by atoms with Crippen LogP contribution < -0.4 is 16.2 Å². The monoisotopic (exact) mass is 403 g/mol. The fourth-order valence-electron chi connectivity index (χ4n) is 2.53. The van der Waals surface area contributed by atoms with Gasteiger partial charge in [-0.3, -0.25) is 19.6 Å². The van der Waals surface area contributed by atoms with Crippen LogP contribution in [0.15, 0.2) is 83.2 Å². The summed E-state index contributed by atoms with van der Waals surface area (Å²) in [6, 6.07) is 6.21. The van der Waals surface area contributed by atoms with Crippen LogP contribution in [0.25, 0.3) is 0 Å². The highest BCUT2D eigenvalue weighted by atomic mass is 16.2. The third kappa shape index (κ3) is 5.44. The van der Waals surface area contributed by atoms with Gasteiger partial charge >= 0.3 is 0 Å². The lowest BCUT2D eigenvalue weighted by molar-refractivity contribution is 0.0946. The molecule has 9 nitrogen and oxygen atoms in total. The summed E-state index contributed by atoms with van der Waals surface area (Å²) in [5.74, 6) is -0.638. The van der Waals surface area contributed by atoms with E-state index in [1.165, 1.54) is 0 Å². The summed E-state index contributed by atoms with van der Waals surface area (Å²) in [6.45, 7) is 3.58. The van der Waals surface area contributed by atoms with Crippen LogP contribution in [-0.4, -0.2) is 39.2 Å². The van der Waals surface area contributed by atoms with Crippen molar-refractivity contribution in [3.05, 3.63) is 84.1 Å². The molecular weight excluding hydrogens is 382 g/mol. The van der Waals surface area contributed by atoms with E-state index in [-0.39, 0.29) is 17.9 Å². The van der Waals surface area contributed by atoms with Gasteiger partial charge in [0.15, 0.2) is 0 Å². The molecule has 0 bridgehead atoms. The number of carbonyl (C=O) groups excluding carboxylic acids is 2. The second kappa shape index (κ2) is 9.87. The second-order valence-electron chi connectivity index (χ2n) is 6.39. The van der Waals surface area contributed by atoms with Crippen molar-refractivity contribution >= 4 is 23.2 Å². The van der Waals surface area contributed by atoms with Crippen LogP contribution in [0, 0.1) is 0 Å². The van der Waals surface area contributed by atoms with E-state index in [4.69, 9.17) is 0 Å². The molecule has 2 amide bonds. The molecule has 1 unspecified atom stereocenters. The van der Waals surface area contributed by atoms with Crippen molar-refractivity contribution in [2.24, 2.45) is 10.2 Å². The zero-order valence-electron chi connectivity index (χ0n) is 16.5. The molecule has 3 heterocycles. The number of hydrogen-bond donors (Lipinski definition) is 3. The number of nitrogens with zero attached hydrogens (tertiary/aromatic N) is 4. The standard InChI is InChI=1S/C21H21N7O2/c1-14(25-27-20(29)16-6-10-22-11-7-16)18-4-3-5-19(24-18)15(2)26-28-21(30)17-8-12-23-13-9-17/h3-13,18,24H,1-2H3,(H,27,29)(H,28,30)/b25-14+,26-15+. The van der Waals surface area contributed by atoms with Crippen molar-refractivity contribution in [1.82, 2.24) is 26.1 Å². The van der Waals surface area contributed by atoms with Gasteiger partial charge in [0.1, 0.15) is 0 Å². The minimum absolute atomic E-state index is 0.233. The van der Waals surface area contributed by atoms with E-state index >= 15 is 0 Å². The Labute approximate surface area is 173 Å². The largest absolute Gasteiger partial charge is 0.372 e. The highest BCUT2D eigenvalue weighted by Crippen LogP contribution is 2.07. The van der Waals surface area contributed by atoms with Crippen LogP contribution in [0.3, 0.4) is 0 Å². The number of allylic oxidation sites excluding steroid dienone is 3. The van der Waals surface area contributed by atoms with Crippen molar-refractivity contribution in [2.45, 2.75) is 19.9 Å². The van der Waals surface area contributed by atoms with Gasteiger partial charge in [-0.25, -0.2) is 10.9 Å². The SMILES string of the molecule is C/C(=N\NC(=O)c1ccncc1)C1=CC=CC(/C(C)=N/NC(=O)c2ccncc2)N1. The highest BCUT2D eigenvalue weighted by molar-refractivity contribution is 6.02. The molecule has 30 heavy (non-hydrogen) atoms. The van der Waals surface area contributed by atoms with Crippen molar-refractivity contribution in [3.63, 3.8) is 0 Å². The molecule has 3 rings (SSSR count). The molecule has 152 valence electrons. The molecule has 1 aliphatic heterocycles. The molecule has 0 saturated heterocycles. The van der Waals surface area contributed by atoms with Crippen molar-refractivity contribution in [2.75, 3.05) is 0 Å². The minimum atomic E-state index is -0.322. The summed E-state index contributed by atoms with van der Waals surface area (Å²) in [5, 5.41) is 11.6. The predicted molar refractivity (Wildman–Crippen MR) is 114 cm³/mol. The van der Waals surface area contributed by atoms with Crippen LogP contribution in [0.5, 0.6) is 0 Å². The Kier molecular flexibility index (Phi) is 6.78. The fraction of sp³-hybridized carbons (Fsp3) is 0.143. The molecule has 3 N–H and O–H groups in total. The van der Waals surface area contributed by atoms with Gasteiger partial charge in [-0.1, -0.05) is 12.2 Å². The lowest BCUT2D eigenvalue weighted by Gasteiger charge is -2.21. The topological polar surface area (TPSA) is 121 Å². The molecular formula is C21H21N7O2. The van der Waals surface area contributed by atoms with Gasteiger partial charge in [0.25, 0.3) is 11.8 Å². The minimum Gasteiger partial charge on any atom is -0.372 e. The lowest BCUT2D eigenvalue weighted by Crippen LogP contribution is -2.38. The first-order valence-electron chi connectivity index (χ1n) is 9.19. The van der Waals surface area contributed by atoms with E-state index in [2.05, 4.69) is 36.3 Å². The molecule has 1 atom stereocenters. The summed E-state index contributed by atoms with van der Waals surface area (Å²) < 4.78 is 0. The van der Waals surface area contributed by atoms with Crippen LogP contribution in [0.1, 0.15) is 34.6 Å². The summed E-state index contributed by atoms with van der Waals surface area (Å²) in [4.78, 5) is 32.0. The quantitative estimate of drug-likeness (QED) is 0.502. The van der Waals surface area contributed by atoms with E-state index < -0.39 is 0 Å². The number of carbonyl (C=O) groups is 2. The Morgan fingerprint density at radius 1 is 0.900 bits per heavy atom. The normalized spacial score (nSPS) is 16.3. The van der Waals surface area contributed by atoms with E-state index in [1.54, 1.807) is 62.9 Å². The average Bonchev–Trinajstić information content (AvgIpc) is 2.81. The summed E-state index contributed by atoms with van der Waals surface area (Å²) in [6.07, 6.45) is 11.8. The van der Waals surface area contributed by atoms with Crippen LogP contribution in [0.2, 0.25) is 0 Å². The fourth-order valence-corrected chi connectivity index (χ4v) is 2.53. The maximum absolute atomic E-state index is 12.1. The van der Waals surface area contributed by atoms with Gasteiger partial charge in [-0.15, -0.1) is 0 Å². The number of amides is 2. The maximum Gasteiger partial charge on any atom is 0.271 e. The third-order valence-corrected chi connectivity index (χ3v) is 4.26. The number of hydrogen-bond acceptors (Lipinski definition) is 7. The van der Waals surface area contributed by atoms with Gasteiger partial charge in [0.05, 0.1) is 23.2 Å². The molecule has 0 aliphatic carbocycles. The Morgan fingerprint density at radius 3 is 2.00 bits per heavy atom. The second-order valence-corrected chi connectivity index (χ2v) is 6.39. The summed E-state index contributed by atoms with van der Waals surface area (Å²) in [7, 11) is 0. The van der Waals surface area contributed by atoms with Gasteiger partial charge in [0.2, 0.25) is 0 Å². The maximum atomic E-state index is 12.1. The van der Waals surface area contributed by atoms with Crippen molar-refractivity contribution in [3.8, 4) is 0 Å². The molecule has 0 saturated carbocycles. The Hall–Kier alpha value is -4.14. The van der Waals surface area contributed by atoms with Crippen LogP contribution in [0.4, 0.5) is 0 Å². The number of hydrazone groups is 2. The van der Waals surface area contributed by atoms with Gasteiger partial charge in [0, 0.05) is 35.9 Å². The van der Waals surface area contributed by atoms with Crippen LogP contribution >= 0.6 is 0 Å². The number of pyridine rings is 2. The number of nitrogens with one attached hydrogen (secondary N) is 3.